The van der Waals surface area contributed by atoms with Crippen molar-refractivity contribution >= 4 is 53.2 Å². The van der Waals surface area contributed by atoms with Crippen LogP contribution in [0, 0.1) is 6.07 Å². The summed E-state index contributed by atoms with van der Waals surface area (Å²) < 4.78 is 0. The summed E-state index contributed by atoms with van der Waals surface area (Å²) in [5.41, 5.74) is 5.51. The average molecular weight is 583 g/mol. The molecule has 0 heterocycles. The second-order valence-electron chi connectivity index (χ2n) is 8.82. The molecule has 6 aromatic carbocycles. The summed E-state index contributed by atoms with van der Waals surface area (Å²) >= 11 is -0.556. The third-order valence-electron chi connectivity index (χ3n) is 6.51. The van der Waals surface area contributed by atoms with Crippen LogP contribution in [0.15, 0.2) is 140 Å². The second-order valence-corrected chi connectivity index (χ2v) is 13.6. The van der Waals surface area contributed by atoms with Crippen molar-refractivity contribution in [3.63, 3.8) is 0 Å². The van der Waals surface area contributed by atoms with Crippen LogP contribution in [-0.4, -0.2) is 0 Å². The molecule has 186 valence electrons. The van der Waals surface area contributed by atoms with Crippen molar-refractivity contribution in [1.29, 1.82) is 0 Å². The first kappa shape index (κ1) is 27.0. The monoisotopic (exact) mass is 582 g/mol. The first-order chi connectivity index (χ1) is 18.8. The molecular formula is C34H25Cl2PTi-2. The number of fused-ring (bicyclic) bond motifs is 4. The van der Waals surface area contributed by atoms with Crippen molar-refractivity contribution in [2.75, 3.05) is 0 Å². The minimum atomic E-state index is -0.556. The van der Waals surface area contributed by atoms with Crippen LogP contribution in [0.1, 0.15) is 11.1 Å². The van der Waals surface area contributed by atoms with Crippen LogP contribution in [0.3, 0.4) is 0 Å². The number of rotatable bonds is 3. The van der Waals surface area contributed by atoms with Gasteiger partial charge < -0.3 is 0 Å². The van der Waals surface area contributed by atoms with E-state index < -0.39 is 25.0 Å². The van der Waals surface area contributed by atoms with Crippen LogP contribution in [0.4, 0.5) is 0 Å². The molecule has 0 unspecified atom stereocenters. The van der Waals surface area contributed by atoms with Crippen LogP contribution in [0.25, 0.3) is 21.9 Å². The molecule has 38 heavy (non-hydrogen) atoms. The Morgan fingerprint density at radius 3 is 1.92 bits per heavy atom. The van der Waals surface area contributed by atoms with Gasteiger partial charge in [-0.3, -0.25) is 0 Å². The van der Waals surface area contributed by atoms with Gasteiger partial charge in [0, 0.05) is 0 Å². The normalized spacial score (nSPS) is 11.0. The fourth-order valence-corrected chi connectivity index (χ4v) is 7.23. The minimum absolute atomic E-state index is 0.493. The van der Waals surface area contributed by atoms with Crippen LogP contribution in [0.2, 0.25) is 0 Å². The first-order valence-corrected chi connectivity index (χ1v) is 18.0. The van der Waals surface area contributed by atoms with Crippen molar-refractivity contribution < 1.29 is 17.0 Å². The predicted octanol–water partition coefficient (Wildman–Crippen LogP) is 8.75. The number of halogens is 2. The Bertz CT molecular complexity index is 1480. The van der Waals surface area contributed by atoms with E-state index in [0.717, 1.165) is 6.42 Å². The Labute approximate surface area is 243 Å². The summed E-state index contributed by atoms with van der Waals surface area (Å²) in [7, 11) is 9.28. The van der Waals surface area contributed by atoms with E-state index in [1.165, 1.54) is 48.9 Å². The molecule has 7 rings (SSSR count). The third kappa shape index (κ3) is 6.35. The van der Waals surface area contributed by atoms with Crippen molar-refractivity contribution in [3.05, 3.63) is 157 Å². The second kappa shape index (κ2) is 13.5. The molecule has 0 bridgehead atoms. The van der Waals surface area contributed by atoms with Gasteiger partial charge in [0.05, 0.1) is 0 Å². The molecule has 0 spiro atoms. The van der Waals surface area contributed by atoms with Crippen LogP contribution in [-0.2, 0) is 23.5 Å². The molecule has 0 saturated heterocycles. The molecule has 1 aliphatic carbocycles. The Kier molecular flexibility index (Phi) is 9.59. The van der Waals surface area contributed by atoms with Gasteiger partial charge in [-0.1, -0.05) is 102 Å². The van der Waals surface area contributed by atoms with Crippen molar-refractivity contribution in [1.82, 2.24) is 0 Å². The van der Waals surface area contributed by atoms with Gasteiger partial charge in [0.15, 0.2) is 0 Å². The molecule has 6 aromatic rings. The van der Waals surface area contributed by atoms with E-state index in [1.54, 1.807) is 0 Å². The molecule has 0 saturated carbocycles. The van der Waals surface area contributed by atoms with Gasteiger partial charge in [0.2, 0.25) is 0 Å². The summed E-state index contributed by atoms with van der Waals surface area (Å²) in [4.78, 5) is 0. The van der Waals surface area contributed by atoms with Gasteiger partial charge in [-0.15, -0.1) is 45.9 Å². The van der Waals surface area contributed by atoms with Crippen molar-refractivity contribution in [2.45, 2.75) is 6.42 Å². The summed E-state index contributed by atoms with van der Waals surface area (Å²) in [5.74, 6) is 0. The molecule has 0 radical (unpaired) electrons. The van der Waals surface area contributed by atoms with Gasteiger partial charge in [-0.25, -0.2) is 0 Å². The number of hydrogen-bond donors (Lipinski definition) is 0. The van der Waals surface area contributed by atoms with Crippen molar-refractivity contribution in [2.24, 2.45) is 0 Å². The SMILES string of the molecule is [Cl][Ti][Cl].[c-]1cccc2c1Cc1ccccc1-2.c1ccc(P(c2ccccc2)c2cc3ccccc3[cH-]2)cc1. The van der Waals surface area contributed by atoms with E-state index in [4.69, 9.17) is 18.6 Å². The van der Waals surface area contributed by atoms with E-state index in [0.29, 0.717) is 0 Å². The fourth-order valence-electron chi connectivity index (χ4n) is 4.86. The van der Waals surface area contributed by atoms with E-state index in [9.17, 15) is 0 Å². The van der Waals surface area contributed by atoms with Gasteiger partial charge in [0.25, 0.3) is 0 Å². The topological polar surface area (TPSA) is 0 Å². The fraction of sp³-hybridized carbons (Fsp3) is 0.0294. The van der Waals surface area contributed by atoms with E-state index in [1.807, 2.05) is 6.07 Å². The molecule has 0 atom stereocenters. The maximum absolute atomic E-state index is 4.89. The zero-order chi connectivity index (χ0) is 26.2. The summed E-state index contributed by atoms with van der Waals surface area (Å²) in [5, 5.41) is 6.89. The summed E-state index contributed by atoms with van der Waals surface area (Å²) in [6.07, 6.45) is 1.05. The van der Waals surface area contributed by atoms with Gasteiger partial charge in [-0.05, 0) is 25.0 Å². The van der Waals surface area contributed by atoms with Crippen LogP contribution >= 0.6 is 26.5 Å². The summed E-state index contributed by atoms with van der Waals surface area (Å²) in [6.45, 7) is 0. The smallest absolute Gasteiger partial charge is 0.0166 e. The van der Waals surface area contributed by atoms with Gasteiger partial charge in [0.1, 0.15) is 0 Å². The average Bonchev–Trinajstić information content (AvgIpc) is 3.57. The quantitative estimate of drug-likeness (QED) is 0.111. The Morgan fingerprint density at radius 2 is 1.24 bits per heavy atom. The van der Waals surface area contributed by atoms with E-state index in [-0.39, 0.29) is 0 Å². The van der Waals surface area contributed by atoms with Gasteiger partial charge >= 0.3 is 35.6 Å². The zero-order valence-electron chi connectivity index (χ0n) is 20.7. The zero-order valence-corrected chi connectivity index (χ0v) is 24.7. The molecule has 0 N–H and O–H groups in total. The van der Waals surface area contributed by atoms with Gasteiger partial charge in [-0.2, -0.15) is 35.9 Å². The largest absolute Gasteiger partial charge is 0.179 e. The summed E-state index contributed by atoms with van der Waals surface area (Å²) in [6, 6.07) is 53.1. The molecule has 0 fully saturated rings. The Morgan fingerprint density at radius 1 is 0.658 bits per heavy atom. The Hall–Kier alpha value is -2.57. The van der Waals surface area contributed by atoms with Crippen molar-refractivity contribution in [3.8, 4) is 11.1 Å². The standard InChI is InChI=1S/C21H16P.C13H9.2ClH.Ti/c1-3-11-19(12-4-1)22(20-13-5-2-6-14-20)21-15-17-9-7-8-10-18(17)16-21;1-3-7-12-10(5-1)9-11-6-2-4-8-13(11)12;;;/h1-16H;1-5,7-8H,9H2;2*1H;/q2*-1;;;+2/p-2. The molecule has 0 nitrogen and oxygen atoms in total. The molecule has 0 amide bonds. The predicted molar refractivity (Wildman–Crippen MR) is 163 cm³/mol. The first-order valence-electron chi connectivity index (χ1n) is 12.4. The molecule has 4 heteroatoms. The van der Waals surface area contributed by atoms with E-state index in [2.05, 4.69) is 140 Å². The van der Waals surface area contributed by atoms with E-state index >= 15 is 0 Å². The maximum atomic E-state index is 4.89. The molecular weight excluding hydrogens is 558 g/mol. The molecule has 0 aliphatic heterocycles. The third-order valence-corrected chi connectivity index (χ3v) is 8.91. The Balaban J connectivity index is 0.000000155. The van der Waals surface area contributed by atoms with Crippen LogP contribution in [0.5, 0.6) is 0 Å². The molecule has 1 aliphatic rings. The molecule has 0 aromatic heterocycles. The minimum Gasteiger partial charge on any atom is -0.179 e. The number of hydrogen-bond acceptors (Lipinski definition) is 0. The van der Waals surface area contributed by atoms with Crippen LogP contribution < -0.4 is 15.9 Å². The maximum Gasteiger partial charge on any atom is -0.0166 e. The number of benzene rings is 5.